The number of nitrogens with one attached hydrogen (secondary N) is 1. The van der Waals surface area contributed by atoms with Gasteiger partial charge in [-0.2, -0.15) is 0 Å². The molecule has 5 nitrogen and oxygen atoms in total. The van der Waals surface area contributed by atoms with Crippen LogP contribution in [0.2, 0.25) is 0 Å². The van der Waals surface area contributed by atoms with Crippen LogP contribution in [0.3, 0.4) is 0 Å². The molecule has 0 unspecified atom stereocenters. The fraction of sp³-hybridized carbons (Fsp3) is 0.286. The van der Waals surface area contributed by atoms with E-state index in [4.69, 9.17) is 4.74 Å². The van der Waals surface area contributed by atoms with Crippen molar-refractivity contribution < 1.29 is 17.5 Å². The number of aromatic amines is 1. The second-order valence-corrected chi connectivity index (χ2v) is 9.12. The Morgan fingerprint density at radius 2 is 1.93 bits per heavy atom. The van der Waals surface area contributed by atoms with E-state index in [9.17, 15) is 12.8 Å². The molecule has 3 aromatic rings. The smallest absolute Gasteiger partial charge is 0.175 e. The van der Waals surface area contributed by atoms with Crippen molar-refractivity contribution in [3.05, 3.63) is 65.7 Å². The van der Waals surface area contributed by atoms with Crippen molar-refractivity contribution in [3.63, 3.8) is 0 Å². The van der Waals surface area contributed by atoms with Crippen LogP contribution in [-0.4, -0.2) is 37.9 Å². The third kappa shape index (κ3) is 4.00. The van der Waals surface area contributed by atoms with Gasteiger partial charge in [-0.15, -0.1) is 0 Å². The monoisotopic (exact) mass is 400 g/mol. The maximum Gasteiger partial charge on any atom is 0.175 e. The molecule has 146 valence electrons. The van der Waals surface area contributed by atoms with E-state index >= 15 is 0 Å². The maximum atomic E-state index is 13.5. The van der Waals surface area contributed by atoms with Gasteiger partial charge in [-0.25, -0.2) is 17.8 Å². The van der Waals surface area contributed by atoms with Crippen molar-refractivity contribution in [3.8, 4) is 0 Å². The third-order valence-corrected chi connectivity index (χ3v) is 6.12. The Bertz CT molecular complexity index is 1130. The second-order valence-electron chi connectivity index (χ2n) is 7.10. The number of hydrogen-bond donors (Lipinski definition) is 1. The van der Waals surface area contributed by atoms with Gasteiger partial charge in [-0.1, -0.05) is 18.2 Å². The summed E-state index contributed by atoms with van der Waals surface area (Å²) >= 11 is 0. The molecule has 1 saturated heterocycles. The number of benzene rings is 1. The lowest BCUT2D eigenvalue weighted by Crippen LogP contribution is -2.14. The van der Waals surface area contributed by atoms with Gasteiger partial charge in [0.25, 0.3) is 0 Å². The normalized spacial score (nSPS) is 16.6. The molecule has 4 rings (SSSR count). The summed E-state index contributed by atoms with van der Waals surface area (Å²) < 4.78 is 42.5. The van der Waals surface area contributed by atoms with E-state index in [1.807, 2.05) is 6.07 Å². The molecule has 1 N–H and O–H groups in total. The molecule has 1 aromatic carbocycles. The highest BCUT2D eigenvalue weighted by Gasteiger charge is 2.17. The number of aromatic nitrogens is 2. The van der Waals surface area contributed by atoms with Gasteiger partial charge in [0.1, 0.15) is 11.5 Å². The zero-order valence-corrected chi connectivity index (χ0v) is 16.3. The van der Waals surface area contributed by atoms with Crippen LogP contribution >= 0.6 is 0 Å². The maximum absolute atomic E-state index is 13.5. The molecule has 2 aromatic heterocycles. The molecule has 0 saturated carbocycles. The van der Waals surface area contributed by atoms with Gasteiger partial charge in [0.2, 0.25) is 0 Å². The number of H-pyrrole nitrogens is 1. The van der Waals surface area contributed by atoms with Crippen molar-refractivity contribution in [1.29, 1.82) is 0 Å². The molecule has 1 fully saturated rings. The summed E-state index contributed by atoms with van der Waals surface area (Å²) in [4.78, 5) is 7.65. The van der Waals surface area contributed by atoms with Gasteiger partial charge >= 0.3 is 0 Å². The van der Waals surface area contributed by atoms with E-state index in [1.54, 1.807) is 24.3 Å². The van der Waals surface area contributed by atoms with Crippen molar-refractivity contribution in [2.75, 3.05) is 19.5 Å². The molecule has 1 aliphatic heterocycles. The Morgan fingerprint density at radius 3 is 2.61 bits per heavy atom. The summed E-state index contributed by atoms with van der Waals surface area (Å²) in [7, 11) is -3.26. The molecular formula is C21H21FN2O3S. The molecule has 7 heteroatoms. The molecule has 28 heavy (non-hydrogen) atoms. The molecule has 0 aliphatic carbocycles. The van der Waals surface area contributed by atoms with Crippen LogP contribution in [-0.2, 0) is 14.6 Å². The summed E-state index contributed by atoms with van der Waals surface area (Å²) in [6.45, 7) is 1.45. The predicted octanol–water partition coefficient (Wildman–Crippen LogP) is 3.96. The Balaban J connectivity index is 1.80. The average Bonchev–Trinajstić information content (AvgIpc) is 3.09. The van der Waals surface area contributed by atoms with Crippen LogP contribution in [0.1, 0.15) is 24.1 Å². The average molecular weight is 400 g/mol. The number of sulfone groups is 1. The van der Waals surface area contributed by atoms with E-state index in [2.05, 4.69) is 16.0 Å². The summed E-state index contributed by atoms with van der Waals surface area (Å²) in [6.07, 6.45) is 6.43. The number of ether oxygens (including phenoxy) is 1. The minimum absolute atomic E-state index is 0.280. The molecular weight excluding hydrogens is 379 g/mol. The lowest BCUT2D eigenvalue weighted by atomic mass is 9.93. The van der Waals surface area contributed by atoms with Crippen LogP contribution in [0.15, 0.2) is 53.6 Å². The topological polar surface area (TPSA) is 72.1 Å². The van der Waals surface area contributed by atoms with E-state index < -0.39 is 9.84 Å². The van der Waals surface area contributed by atoms with E-state index in [0.717, 1.165) is 42.9 Å². The minimum atomic E-state index is -3.26. The highest BCUT2D eigenvalue weighted by atomic mass is 32.2. The van der Waals surface area contributed by atoms with Gasteiger partial charge < -0.3 is 9.72 Å². The molecule has 0 bridgehead atoms. The number of fused-ring (bicyclic) bond motifs is 1. The van der Waals surface area contributed by atoms with Gasteiger partial charge in [0.05, 0.1) is 11.1 Å². The SMILES string of the molecule is CS(=O)(=O)c1ccc(C(=CC2CCOCC2)c2cc3cc(F)cnc3[nH]2)cc1. The molecule has 0 amide bonds. The van der Waals surface area contributed by atoms with Crippen molar-refractivity contribution in [1.82, 2.24) is 9.97 Å². The minimum Gasteiger partial charge on any atom is -0.381 e. The van der Waals surface area contributed by atoms with E-state index in [0.29, 0.717) is 17.0 Å². The first-order chi connectivity index (χ1) is 13.4. The third-order valence-electron chi connectivity index (χ3n) is 4.99. The fourth-order valence-corrected chi connectivity index (χ4v) is 4.11. The van der Waals surface area contributed by atoms with E-state index in [1.165, 1.54) is 18.5 Å². The fourth-order valence-electron chi connectivity index (χ4n) is 3.48. The van der Waals surface area contributed by atoms with E-state index in [-0.39, 0.29) is 10.7 Å². The number of hydrogen-bond acceptors (Lipinski definition) is 4. The van der Waals surface area contributed by atoms with Gasteiger partial charge in [0, 0.05) is 36.1 Å². The van der Waals surface area contributed by atoms with Crippen LogP contribution < -0.4 is 0 Å². The Morgan fingerprint density at radius 1 is 1.21 bits per heavy atom. The van der Waals surface area contributed by atoms with Crippen molar-refractivity contribution in [2.24, 2.45) is 5.92 Å². The molecule has 0 spiro atoms. The first-order valence-electron chi connectivity index (χ1n) is 9.15. The van der Waals surface area contributed by atoms with Crippen LogP contribution in [0.25, 0.3) is 16.6 Å². The summed E-state index contributed by atoms with van der Waals surface area (Å²) in [6, 6.07) is 10.2. The predicted molar refractivity (Wildman–Crippen MR) is 106 cm³/mol. The summed E-state index contributed by atoms with van der Waals surface area (Å²) in [5.74, 6) is -0.0278. The van der Waals surface area contributed by atoms with Gasteiger partial charge in [0.15, 0.2) is 9.84 Å². The van der Waals surface area contributed by atoms with Crippen molar-refractivity contribution >= 4 is 26.4 Å². The van der Waals surface area contributed by atoms with Crippen LogP contribution in [0.4, 0.5) is 4.39 Å². The first-order valence-corrected chi connectivity index (χ1v) is 11.0. The quantitative estimate of drug-likeness (QED) is 0.719. The second kappa shape index (κ2) is 7.48. The Labute approximate surface area is 163 Å². The molecule has 1 aliphatic rings. The number of halogens is 1. The largest absolute Gasteiger partial charge is 0.381 e. The molecule has 3 heterocycles. The number of rotatable bonds is 4. The van der Waals surface area contributed by atoms with Gasteiger partial charge in [-0.05, 0) is 48.6 Å². The lowest BCUT2D eigenvalue weighted by Gasteiger charge is -2.20. The van der Waals surface area contributed by atoms with Gasteiger partial charge in [-0.3, -0.25) is 0 Å². The molecule has 0 atom stereocenters. The standard InChI is InChI=1S/C21H21FN2O3S/c1-28(25,26)18-4-2-15(3-5-18)19(10-14-6-8-27-9-7-14)20-12-16-11-17(22)13-23-21(16)24-20/h2-5,10-14H,6-9H2,1H3,(H,23,24). The highest BCUT2D eigenvalue weighted by molar-refractivity contribution is 7.90. The molecule has 0 radical (unpaired) electrons. The summed E-state index contributed by atoms with van der Waals surface area (Å²) in [5, 5.41) is 0.695. The Hall–Kier alpha value is -2.51. The number of allylic oxidation sites excluding steroid dienone is 1. The van der Waals surface area contributed by atoms with Crippen molar-refractivity contribution in [2.45, 2.75) is 17.7 Å². The number of nitrogens with zero attached hydrogens (tertiary/aromatic N) is 1. The highest BCUT2D eigenvalue weighted by Crippen LogP contribution is 2.30. The zero-order chi connectivity index (χ0) is 19.7. The Kier molecular flexibility index (Phi) is 5.03. The van der Waals surface area contributed by atoms with Crippen LogP contribution in [0.5, 0.6) is 0 Å². The van der Waals surface area contributed by atoms with Crippen LogP contribution in [0, 0.1) is 11.7 Å². The first kappa shape index (κ1) is 18.8. The number of pyridine rings is 1. The summed E-state index contributed by atoms with van der Waals surface area (Å²) in [5.41, 5.74) is 3.28. The zero-order valence-electron chi connectivity index (χ0n) is 15.5. The lowest BCUT2D eigenvalue weighted by molar-refractivity contribution is 0.0786.